The van der Waals surface area contributed by atoms with Crippen LogP contribution in [-0.4, -0.2) is 40.2 Å². The lowest BCUT2D eigenvalue weighted by molar-refractivity contribution is 0.526. The number of hydrogen-bond acceptors (Lipinski definition) is 9. The van der Waals surface area contributed by atoms with E-state index in [1.54, 1.807) is 28.9 Å². The maximum absolute atomic E-state index is 13.6. The van der Waals surface area contributed by atoms with Gasteiger partial charge in [0.1, 0.15) is 11.8 Å². The Morgan fingerprint density at radius 3 is 2.59 bits per heavy atom. The summed E-state index contributed by atoms with van der Waals surface area (Å²) in [7, 11) is 0. The minimum atomic E-state index is -0.202. The molecule has 4 heterocycles. The first kappa shape index (κ1) is 25.3. The molecule has 0 amide bonds. The molecule has 9 nitrogen and oxygen atoms in total. The molecule has 0 spiro atoms. The van der Waals surface area contributed by atoms with E-state index in [1.165, 1.54) is 0 Å². The Kier molecular flexibility index (Phi) is 7.45. The van der Waals surface area contributed by atoms with Gasteiger partial charge in [-0.1, -0.05) is 20.8 Å². The van der Waals surface area contributed by atoms with Crippen LogP contribution in [0, 0.1) is 0 Å². The lowest BCUT2D eigenvalue weighted by atomic mass is 10.1. The fraction of sp³-hybridized carbons (Fsp3) is 0.444. The van der Waals surface area contributed by atoms with Crippen molar-refractivity contribution in [1.82, 2.24) is 34.5 Å². The van der Waals surface area contributed by atoms with E-state index in [2.05, 4.69) is 51.0 Å². The molecule has 5 rings (SSSR count). The van der Waals surface area contributed by atoms with Gasteiger partial charge in [-0.2, -0.15) is 0 Å². The van der Waals surface area contributed by atoms with Gasteiger partial charge in [0.25, 0.3) is 5.56 Å². The fourth-order valence-electron chi connectivity index (χ4n) is 4.39. The second-order valence-electron chi connectivity index (χ2n) is 9.28. The molecule has 1 atom stereocenters. The van der Waals surface area contributed by atoms with Gasteiger partial charge in [-0.05, 0) is 50.5 Å². The van der Waals surface area contributed by atoms with Crippen LogP contribution in [0.25, 0.3) is 22.6 Å². The number of aromatic nitrogens is 7. The van der Waals surface area contributed by atoms with Crippen LogP contribution in [0.3, 0.4) is 0 Å². The highest BCUT2D eigenvalue weighted by Gasteiger charge is 2.30. The average molecular weight is 517 g/mol. The Morgan fingerprint density at radius 1 is 1.08 bits per heavy atom. The van der Waals surface area contributed by atoms with E-state index >= 15 is 0 Å². The molecule has 0 saturated heterocycles. The van der Waals surface area contributed by atoms with Gasteiger partial charge in [-0.25, -0.2) is 24.9 Å². The number of thioether (sulfide) groups is 1. The summed E-state index contributed by atoms with van der Waals surface area (Å²) in [5.41, 5.74) is 4.56. The largest absolute Gasteiger partial charge is 0.360 e. The summed E-state index contributed by atoms with van der Waals surface area (Å²) in [5, 5.41) is 3.20. The Hall–Kier alpha value is -3.40. The van der Waals surface area contributed by atoms with Gasteiger partial charge in [-0.15, -0.1) is 11.8 Å². The quantitative estimate of drug-likeness (QED) is 0.285. The van der Waals surface area contributed by atoms with E-state index < -0.39 is 0 Å². The molecule has 0 bridgehead atoms. The Morgan fingerprint density at radius 2 is 1.92 bits per heavy atom. The van der Waals surface area contributed by atoms with Crippen molar-refractivity contribution in [3.63, 3.8) is 0 Å². The fourth-order valence-corrected chi connectivity index (χ4v) is 5.01. The van der Waals surface area contributed by atoms with Crippen molar-refractivity contribution in [2.75, 3.05) is 11.1 Å². The SMILES string of the molecule is CCSc1ccc(CNc2nc3cnc(-c4c(CC)ncnc4C4CC4)nc3n(C(C)CC)c2=O)nc1. The van der Waals surface area contributed by atoms with Crippen LogP contribution in [0.5, 0.6) is 0 Å². The first-order chi connectivity index (χ1) is 18.0. The molecule has 1 aliphatic carbocycles. The minimum Gasteiger partial charge on any atom is -0.360 e. The van der Waals surface area contributed by atoms with Gasteiger partial charge < -0.3 is 5.32 Å². The molecule has 37 heavy (non-hydrogen) atoms. The molecule has 0 aromatic carbocycles. The zero-order chi connectivity index (χ0) is 25.9. The Labute approximate surface area is 220 Å². The predicted molar refractivity (Wildman–Crippen MR) is 147 cm³/mol. The van der Waals surface area contributed by atoms with Crippen LogP contribution >= 0.6 is 11.8 Å². The molecule has 192 valence electrons. The molecule has 10 heteroatoms. The first-order valence-corrected chi connectivity index (χ1v) is 14.0. The van der Waals surface area contributed by atoms with E-state index in [9.17, 15) is 4.79 Å². The zero-order valence-electron chi connectivity index (χ0n) is 21.7. The van der Waals surface area contributed by atoms with Crippen molar-refractivity contribution in [1.29, 1.82) is 0 Å². The maximum Gasteiger partial charge on any atom is 0.295 e. The van der Waals surface area contributed by atoms with Crippen LogP contribution in [-0.2, 0) is 13.0 Å². The molecular weight excluding hydrogens is 484 g/mol. The third-order valence-corrected chi connectivity index (χ3v) is 7.55. The number of pyridine rings is 1. The number of nitrogens with one attached hydrogen (secondary N) is 1. The average Bonchev–Trinajstić information content (AvgIpc) is 3.77. The lowest BCUT2D eigenvalue weighted by Crippen LogP contribution is -2.28. The first-order valence-electron chi connectivity index (χ1n) is 13.0. The van der Waals surface area contributed by atoms with E-state index in [1.807, 2.05) is 25.3 Å². The van der Waals surface area contributed by atoms with Gasteiger partial charge >= 0.3 is 0 Å². The van der Waals surface area contributed by atoms with Crippen molar-refractivity contribution < 1.29 is 0 Å². The summed E-state index contributed by atoms with van der Waals surface area (Å²) >= 11 is 1.75. The van der Waals surface area contributed by atoms with E-state index in [0.717, 1.165) is 59.0 Å². The lowest BCUT2D eigenvalue weighted by Gasteiger charge is -2.18. The molecule has 4 aromatic heterocycles. The number of hydrogen-bond donors (Lipinski definition) is 1. The highest BCUT2D eigenvalue weighted by atomic mass is 32.2. The molecule has 1 saturated carbocycles. The van der Waals surface area contributed by atoms with Crippen molar-refractivity contribution >= 4 is 28.7 Å². The molecule has 1 unspecified atom stereocenters. The van der Waals surface area contributed by atoms with Gasteiger partial charge in [0.2, 0.25) is 0 Å². The van der Waals surface area contributed by atoms with Crippen molar-refractivity contribution in [3.05, 3.63) is 58.3 Å². The van der Waals surface area contributed by atoms with Gasteiger partial charge in [0, 0.05) is 23.1 Å². The molecule has 0 aliphatic heterocycles. The number of nitrogens with zero attached hydrogens (tertiary/aromatic N) is 7. The van der Waals surface area contributed by atoms with Crippen molar-refractivity contribution in [2.24, 2.45) is 0 Å². The predicted octanol–water partition coefficient (Wildman–Crippen LogP) is 5.17. The summed E-state index contributed by atoms with van der Waals surface area (Å²) < 4.78 is 1.73. The number of fused-ring (bicyclic) bond motifs is 1. The molecular formula is C27H32N8OS. The Bertz CT molecular complexity index is 1470. The number of rotatable bonds is 10. The van der Waals surface area contributed by atoms with Gasteiger partial charge in [0.15, 0.2) is 17.3 Å². The highest BCUT2D eigenvalue weighted by molar-refractivity contribution is 7.99. The maximum atomic E-state index is 13.6. The standard InChI is InChI=1S/C27H32N8OS/c1-5-16(4)35-26-21(33-25(27(35)36)29-12-18-10-11-19(13-28-18)37-7-3)14-30-24(34-26)22-20(6-2)31-15-32-23(22)17-8-9-17/h10-11,13-17H,5-9,12H2,1-4H3,(H,29,33). The highest BCUT2D eigenvalue weighted by Crippen LogP contribution is 2.43. The minimum absolute atomic E-state index is 0.0645. The van der Waals surface area contributed by atoms with E-state index in [0.29, 0.717) is 29.5 Å². The second-order valence-corrected chi connectivity index (χ2v) is 10.6. The van der Waals surface area contributed by atoms with Crippen LogP contribution in [0.2, 0.25) is 0 Å². The molecule has 1 fully saturated rings. The van der Waals surface area contributed by atoms with Crippen molar-refractivity contribution in [3.8, 4) is 11.4 Å². The summed E-state index contributed by atoms with van der Waals surface area (Å²) in [6.07, 6.45) is 8.96. The second kappa shape index (κ2) is 10.9. The Balaban J connectivity index is 1.55. The van der Waals surface area contributed by atoms with E-state index in [-0.39, 0.29) is 17.4 Å². The monoisotopic (exact) mass is 516 g/mol. The summed E-state index contributed by atoms with van der Waals surface area (Å²) in [6.45, 7) is 8.67. The zero-order valence-corrected chi connectivity index (χ0v) is 22.5. The van der Waals surface area contributed by atoms with Gasteiger partial charge in [-0.3, -0.25) is 14.3 Å². The molecule has 1 aliphatic rings. The summed E-state index contributed by atoms with van der Waals surface area (Å²) in [4.78, 5) is 42.6. The molecule has 4 aromatic rings. The van der Waals surface area contributed by atoms with Crippen LogP contribution in [0.4, 0.5) is 5.82 Å². The number of aryl methyl sites for hydroxylation is 1. The smallest absolute Gasteiger partial charge is 0.295 e. The third kappa shape index (κ3) is 5.20. The third-order valence-electron chi connectivity index (χ3n) is 6.69. The normalized spacial score (nSPS) is 14.2. The molecule has 1 N–H and O–H groups in total. The van der Waals surface area contributed by atoms with Gasteiger partial charge in [0.05, 0.1) is 35.4 Å². The number of anilines is 1. The van der Waals surface area contributed by atoms with E-state index in [4.69, 9.17) is 4.98 Å². The van der Waals surface area contributed by atoms with Crippen LogP contribution in [0.1, 0.15) is 76.0 Å². The summed E-state index contributed by atoms with van der Waals surface area (Å²) in [6, 6.07) is 3.96. The van der Waals surface area contributed by atoms with Crippen LogP contribution < -0.4 is 10.9 Å². The van der Waals surface area contributed by atoms with Crippen LogP contribution in [0.15, 0.2) is 40.5 Å². The topological polar surface area (TPSA) is 111 Å². The summed E-state index contributed by atoms with van der Waals surface area (Å²) in [5.74, 6) is 2.25. The van der Waals surface area contributed by atoms with Crippen molar-refractivity contribution in [2.45, 2.75) is 76.8 Å². The molecule has 0 radical (unpaired) electrons.